The maximum Gasteiger partial charge on any atom is 0.306 e. The van der Waals surface area contributed by atoms with Gasteiger partial charge in [-0.2, -0.15) is 0 Å². The first-order valence-electron chi connectivity index (χ1n) is 24.3. The second kappa shape index (κ2) is 43.4. The van der Waals surface area contributed by atoms with E-state index < -0.39 is 43.4 Å². The van der Waals surface area contributed by atoms with Gasteiger partial charge in [-0.3, -0.25) is 4.79 Å². The fourth-order valence-electron chi connectivity index (χ4n) is 6.70. The van der Waals surface area contributed by atoms with Crippen LogP contribution in [0.2, 0.25) is 0 Å². The van der Waals surface area contributed by atoms with E-state index in [1.807, 2.05) is 0 Å². The van der Waals surface area contributed by atoms with Crippen molar-refractivity contribution in [2.75, 3.05) is 26.4 Å². The van der Waals surface area contributed by atoms with Crippen molar-refractivity contribution in [3.05, 3.63) is 97.2 Å². The maximum atomic E-state index is 12.8. The van der Waals surface area contributed by atoms with Gasteiger partial charge in [0.15, 0.2) is 6.29 Å². The van der Waals surface area contributed by atoms with Crippen molar-refractivity contribution in [3.8, 4) is 0 Å². The molecule has 1 saturated heterocycles. The summed E-state index contributed by atoms with van der Waals surface area (Å²) < 4.78 is 22.8. The Hall–Kier alpha value is -2.89. The molecule has 0 bridgehead atoms. The average molecular weight is 869 g/mol. The minimum absolute atomic E-state index is 0.116. The maximum absolute atomic E-state index is 12.8. The van der Waals surface area contributed by atoms with E-state index in [1.54, 1.807) is 0 Å². The molecule has 0 saturated carbocycles. The number of rotatable bonds is 40. The Bertz CT molecular complexity index is 1260. The van der Waals surface area contributed by atoms with Gasteiger partial charge in [-0.15, -0.1) is 0 Å². The third kappa shape index (κ3) is 33.6. The predicted octanol–water partition coefficient (Wildman–Crippen LogP) is 11.6. The van der Waals surface area contributed by atoms with Crippen molar-refractivity contribution in [2.45, 2.75) is 205 Å². The quantitative estimate of drug-likeness (QED) is 0.0270. The van der Waals surface area contributed by atoms with Gasteiger partial charge in [-0.05, 0) is 96.3 Å². The van der Waals surface area contributed by atoms with Crippen LogP contribution in [0.1, 0.15) is 168 Å². The van der Waals surface area contributed by atoms with E-state index in [0.29, 0.717) is 13.0 Å². The standard InChI is InChI=1S/C53H88O9/c1-3-5-7-9-11-13-15-17-19-21-23-25-27-29-31-33-35-37-39-41-43-59-45-47(46-60-53-52(58)51(57)50(56)48(44-54)62-53)61-49(55)42-40-38-36-34-32-30-28-26-24-22-20-18-16-14-12-10-8-6-4-2/h5,7,11-14,17-20,23-26,29,31,47-48,50-54,56-58H,3-4,6,8-10,15-16,21-22,27-28,30,32-46H2,1-2H3/b7-5-,13-11-,14-12-,19-17-,20-18-,25-23-,26-24-,31-29-. The van der Waals surface area contributed by atoms with Crippen LogP contribution in [0.3, 0.4) is 0 Å². The molecule has 0 amide bonds. The molecule has 0 aromatic carbocycles. The smallest absolute Gasteiger partial charge is 0.306 e. The van der Waals surface area contributed by atoms with Crippen LogP contribution in [0.5, 0.6) is 0 Å². The number of ether oxygens (including phenoxy) is 4. The van der Waals surface area contributed by atoms with Crippen LogP contribution in [0.4, 0.5) is 0 Å². The molecular formula is C53H88O9. The summed E-state index contributed by atoms with van der Waals surface area (Å²) in [5, 5.41) is 40.2. The van der Waals surface area contributed by atoms with E-state index in [4.69, 9.17) is 18.9 Å². The van der Waals surface area contributed by atoms with Gasteiger partial charge in [0.2, 0.25) is 0 Å². The highest BCUT2D eigenvalue weighted by Gasteiger charge is 2.44. The molecule has 9 nitrogen and oxygen atoms in total. The predicted molar refractivity (Wildman–Crippen MR) is 256 cm³/mol. The largest absolute Gasteiger partial charge is 0.457 e. The van der Waals surface area contributed by atoms with Gasteiger partial charge < -0.3 is 39.4 Å². The van der Waals surface area contributed by atoms with E-state index >= 15 is 0 Å². The number of unbranched alkanes of at least 4 members (excludes halogenated alkanes) is 13. The minimum atomic E-state index is -1.55. The van der Waals surface area contributed by atoms with Crippen molar-refractivity contribution < 1.29 is 44.2 Å². The second-order valence-corrected chi connectivity index (χ2v) is 16.2. The number of carbonyl (C=O) groups is 1. The molecule has 6 atom stereocenters. The van der Waals surface area contributed by atoms with Gasteiger partial charge in [0, 0.05) is 13.0 Å². The van der Waals surface area contributed by atoms with Crippen LogP contribution in [0, 0.1) is 0 Å². The van der Waals surface area contributed by atoms with Gasteiger partial charge in [0.05, 0.1) is 19.8 Å². The lowest BCUT2D eigenvalue weighted by Gasteiger charge is -2.39. The Morgan fingerprint density at radius 3 is 1.48 bits per heavy atom. The Morgan fingerprint density at radius 2 is 0.984 bits per heavy atom. The Labute approximate surface area is 377 Å². The van der Waals surface area contributed by atoms with E-state index in [1.165, 1.54) is 38.5 Å². The summed E-state index contributed by atoms with van der Waals surface area (Å²) in [6, 6.07) is 0. The molecule has 1 rings (SSSR count). The van der Waals surface area contributed by atoms with E-state index in [-0.39, 0.29) is 19.2 Å². The first-order valence-corrected chi connectivity index (χ1v) is 24.3. The molecule has 9 heteroatoms. The van der Waals surface area contributed by atoms with Crippen LogP contribution in [0.15, 0.2) is 97.2 Å². The van der Waals surface area contributed by atoms with Gasteiger partial charge in [0.1, 0.15) is 30.5 Å². The molecule has 1 heterocycles. The average Bonchev–Trinajstić information content (AvgIpc) is 3.27. The normalized spacial score (nSPS) is 20.6. The summed E-state index contributed by atoms with van der Waals surface area (Å²) in [6.45, 7) is 4.32. The lowest BCUT2D eigenvalue weighted by atomic mass is 9.99. The molecule has 1 aliphatic heterocycles. The molecule has 1 aliphatic rings. The monoisotopic (exact) mass is 869 g/mol. The van der Waals surface area contributed by atoms with Crippen molar-refractivity contribution in [2.24, 2.45) is 0 Å². The number of allylic oxidation sites excluding steroid dienone is 16. The van der Waals surface area contributed by atoms with Gasteiger partial charge >= 0.3 is 5.97 Å². The first kappa shape index (κ1) is 57.1. The van der Waals surface area contributed by atoms with Gasteiger partial charge in [0.25, 0.3) is 0 Å². The van der Waals surface area contributed by atoms with Crippen molar-refractivity contribution in [1.82, 2.24) is 0 Å². The van der Waals surface area contributed by atoms with Crippen molar-refractivity contribution in [3.63, 3.8) is 0 Å². The third-order valence-corrected chi connectivity index (χ3v) is 10.5. The van der Waals surface area contributed by atoms with E-state index in [0.717, 1.165) is 109 Å². The van der Waals surface area contributed by atoms with Crippen LogP contribution >= 0.6 is 0 Å². The zero-order valence-electron chi connectivity index (χ0n) is 38.8. The Balaban J connectivity index is 2.29. The van der Waals surface area contributed by atoms with Gasteiger partial charge in [-0.1, -0.05) is 162 Å². The fraction of sp³-hybridized carbons (Fsp3) is 0.679. The molecule has 4 N–H and O–H groups in total. The molecule has 1 fully saturated rings. The minimum Gasteiger partial charge on any atom is -0.457 e. The highest BCUT2D eigenvalue weighted by molar-refractivity contribution is 5.69. The summed E-state index contributed by atoms with van der Waals surface area (Å²) in [5.74, 6) is -0.340. The highest BCUT2D eigenvalue weighted by Crippen LogP contribution is 2.22. The Morgan fingerprint density at radius 1 is 0.532 bits per heavy atom. The summed E-state index contributed by atoms with van der Waals surface area (Å²) in [5.41, 5.74) is 0. The number of hydrogen-bond donors (Lipinski definition) is 4. The topological polar surface area (TPSA) is 135 Å². The summed E-state index contributed by atoms with van der Waals surface area (Å²) >= 11 is 0. The van der Waals surface area contributed by atoms with E-state index in [9.17, 15) is 25.2 Å². The summed E-state index contributed by atoms with van der Waals surface area (Å²) in [7, 11) is 0. The number of esters is 1. The van der Waals surface area contributed by atoms with Crippen molar-refractivity contribution >= 4 is 5.97 Å². The molecule has 0 radical (unpaired) electrons. The molecule has 0 spiro atoms. The van der Waals surface area contributed by atoms with Gasteiger partial charge in [-0.25, -0.2) is 0 Å². The van der Waals surface area contributed by atoms with Crippen LogP contribution in [0.25, 0.3) is 0 Å². The number of aliphatic hydroxyl groups is 4. The van der Waals surface area contributed by atoms with E-state index in [2.05, 4.69) is 111 Å². The van der Waals surface area contributed by atoms with Crippen molar-refractivity contribution in [1.29, 1.82) is 0 Å². The zero-order valence-corrected chi connectivity index (χ0v) is 38.8. The summed E-state index contributed by atoms with van der Waals surface area (Å²) in [6.07, 6.45) is 52.8. The fourth-order valence-corrected chi connectivity index (χ4v) is 6.70. The van der Waals surface area contributed by atoms with Crippen LogP contribution in [-0.2, 0) is 23.7 Å². The molecule has 354 valence electrons. The van der Waals surface area contributed by atoms with Crippen LogP contribution < -0.4 is 0 Å². The lowest BCUT2D eigenvalue weighted by Crippen LogP contribution is -2.59. The zero-order chi connectivity index (χ0) is 45.0. The SMILES string of the molecule is CC/C=C\C/C=C\C/C=C\C/C=C\C/C=C\CCCCCCOCC(COC1OC(CO)C(O)C(O)C1O)OC(=O)CCCCCCCC/C=C\C/C=C\C/C=C\CCCCC. The number of carbonyl (C=O) groups excluding carboxylic acids is 1. The third-order valence-electron chi connectivity index (χ3n) is 10.5. The van der Waals surface area contributed by atoms with Crippen LogP contribution in [-0.4, -0.2) is 89.6 Å². The molecule has 6 unspecified atom stereocenters. The molecule has 0 aromatic rings. The lowest BCUT2D eigenvalue weighted by molar-refractivity contribution is -0.305. The number of hydrogen-bond acceptors (Lipinski definition) is 9. The summed E-state index contributed by atoms with van der Waals surface area (Å²) in [4.78, 5) is 12.8. The molecule has 0 aliphatic carbocycles. The highest BCUT2D eigenvalue weighted by atomic mass is 16.7. The molecule has 0 aromatic heterocycles. The molecular weight excluding hydrogens is 781 g/mol. The molecule has 62 heavy (non-hydrogen) atoms. The number of aliphatic hydroxyl groups excluding tert-OH is 4. The Kier molecular flexibility index (Phi) is 40.0. The first-order chi connectivity index (χ1) is 30.4. The second-order valence-electron chi connectivity index (χ2n) is 16.2.